The van der Waals surface area contributed by atoms with Crippen molar-refractivity contribution in [3.63, 3.8) is 0 Å². The number of hydrogen-bond donors (Lipinski definition) is 2. The van der Waals surface area contributed by atoms with Crippen molar-refractivity contribution < 1.29 is 14.7 Å². The summed E-state index contributed by atoms with van der Waals surface area (Å²) in [4.78, 5) is 24.1. The number of carbonyl (C=O) groups excluding carboxylic acids is 1. The summed E-state index contributed by atoms with van der Waals surface area (Å²) in [6.07, 6.45) is 0.885. The summed E-state index contributed by atoms with van der Waals surface area (Å²) in [5.74, 6) is -2.49. The zero-order chi connectivity index (χ0) is 16.4. The average Bonchev–Trinajstić information content (AvgIpc) is 2.46. The van der Waals surface area contributed by atoms with E-state index in [0.29, 0.717) is 23.6 Å². The second-order valence-electron chi connectivity index (χ2n) is 5.46. The monoisotopic (exact) mass is 451 g/mol. The molecule has 22 heavy (non-hydrogen) atoms. The van der Waals surface area contributed by atoms with Crippen LogP contribution >= 0.6 is 43.5 Å². The molecule has 1 aromatic rings. The van der Waals surface area contributed by atoms with Crippen LogP contribution in [0.3, 0.4) is 0 Å². The minimum atomic E-state index is -0.938. The maximum Gasteiger partial charge on any atom is 0.307 e. The van der Waals surface area contributed by atoms with Gasteiger partial charge < -0.3 is 10.4 Å². The highest BCUT2D eigenvalue weighted by Gasteiger charge is 2.42. The number of rotatable bonds is 3. The molecule has 120 valence electrons. The Balaban J connectivity index is 2.19. The predicted octanol–water partition coefficient (Wildman–Crippen LogP) is 4.22. The van der Waals surface area contributed by atoms with E-state index in [1.54, 1.807) is 18.2 Å². The number of carboxylic acid groups (broad SMARTS) is 1. The molecule has 1 aromatic carbocycles. The van der Waals surface area contributed by atoms with E-state index >= 15 is 0 Å². The Labute approximate surface area is 150 Å². The minimum Gasteiger partial charge on any atom is -0.481 e. The highest BCUT2D eigenvalue weighted by Crippen LogP contribution is 2.38. The van der Waals surface area contributed by atoms with E-state index < -0.39 is 17.8 Å². The third-order valence-electron chi connectivity index (χ3n) is 4.02. The molecule has 1 aliphatic rings. The maximum atomic E-state index is 12.5. The van der Waals surface area contributed by atoms with Gasteiger partial charge in [-0.05, 0) is 37.5 Å². The van der Waals surface area contributed by atoms with Crippen LogP contribution < -0.4 is 5.32 Å². The maximum absolute atomic E-state index is 12.5. The highest BCUT2D eigenvalue weighted by atomic mass is 79.9. The van der Waals surface area contributed by atoms with Crippen LogP contribution in [0.1, 0.15) is 18.4 Å². The molecule has 4 atom stereocenters. The molecule has 0 heterocycles. The van der Waals surface area contributed by atoms with E-state index in [-0.39, 0.29) is 15.6 Å². The van der Waals surface area contributed by atoms with Crippen molar-refractivity contribution in [2.45, 2.75) is 29.4 Å². The van der Waals surface area contributed by atoms with Gasteiger partial charge in [-0.25, -0.2) is 0 Å². The molecule has 1 amide bonds. The average molecular weight is 454 g/mol. The smallest absolute Gasteiger partial charge is 0.307 e. The van der Waals surface area contributed by atoms with E-state index in [4.69, 9.17) is 11.6 Å². The van der Waals surface area contributed by atoms with Gasteiger partial charge in [-0.2, -0.15) is 0 Å². The number of nitrogens with one attached hydrogen (secondary N) is 1. The van der Waals surface area contributed by atoms with E-state index in [1.165, 1.54) is 0 Å². The number of halogens is 3. The van der Waals surface area contributed by atoms with Crippen LogP contribution in [-0.2, 0) is 9.59 Å². The Hall–Kier alpha value is -0.590. The largest absolute Gasteiger partial charge is 0.481 e. The Morgan fingerprint density at radius 2 is 1.82 bits per heavy atom. The first-order valence-electron chi connectivity index (χ1n) is 6.88. The molecular weight excluding hydrogens is 437 g/mol. The van der Waals surface area contributed by atoms with Gasteiger partial charge in [-0.3, -0.25) is 9.59 Å². The van der Waals surface area contributed by atoms with Gasteiger partial charge in [0.15, 0.2) is 0 Å². The Morgan fingerprint density at radius 1 is 1.23 bits per heavy atom. The predicted molar refractivity (Wildman–Crippen MR) is 94.1 cm³/mol. The zero-order valence-corrected chi connectivity index (χ0v) is 15.8. The van der Waals surface area contributed by atoms with Gasteiger partial charge in [0.1, 0.15) is 0 Å². The molecule has 0 spiro atoms. The first-order valence-corrected chi connectivity index (χ1v) is 9.09. The fourth-order valence-corrected chi connectivity index (χ4v) is 4.05. The fourth-order valence-electron chi connectivity index (χ4n) is 2.64. The molecule has 0 unspecified atom stereocenters. The number of hydrogen-bond acceptors (Lipinski definition) is 2. The molecule has 2 rings (SSSR count). The minimum absolute atomic E-state index is 0.0468. The summed E-state index contributed by atoms with van der Waals surface area (Å²) in [5.41, 5.74) is 1.39. The Morgan fingerprint density at radius 3 is 2.41 bits per heavy atom. The number of carbonyl (C=O) groups is 2. The Kier molecular flexibility index (Phi) is 5.91. The van der Waals surface area contributed by atoms with Crippen LogP contribution in [0.5, 0.6) is 0 Å². The van der Waals surface area contributed by atoms with E-state index in [9.17, 15) is 14.7 Å². The Bertz CT molecular complexity index is 596. The molecule has 0 radical (unpaired) electrons. The molecule has 0 aromatic heterocycles. The van der Waals surface area contributed by atoms with Gasteiger partial charge in [-0.1, -0.05) is 49.5 Å². The van der Waals surface area contributed by atoms with Gasteiger partial charge in [0, 0.05) is 20.4 Å². The molecule has 7 heteroatoms. The third-order valence-corrected chi connectivity index (χ3v) is 7.16. The number of anilines is 1. The van der Waals surface area contributed by atoms with Crippen molar-refractivity contribution in [3.8, 4) is 0 Å². The quantitative estimate of drug-likeness (QED) is 0.674. The summed E-state index contributed by atoms with van der Waals surface area (Å²) < 4.78 is 0. The normalized spacial score (nSPS) is 28.2. The molecule has 1 aliphatic carbocycles. The van der Waals surface area contributed by atoms with Gasteiger partial charge in [0.05, 0.1) is 11.8 Å². The lowest BCUT2D eigenvalue weighted by molar-refractivity contribution is -0.147. The standard InChI is InChI=1S/C15H16Br2ClNO3/c1-7-12(18)3-2-4-13(7)19-14(20)8-5-10(16)11(17)6-9(8)15(21)22/h2-4,8-11H,5-6H2,1H3,(H,19,20)(H,21,22)/t8-,9-,10+,11+/m0/s1. The number of alkyl halides is 2. The van der Waals surface area contributed by atoms with Crippen LogP contribution in [0.25, 0.3) is 0 Å². The van der Waals surface area contributed by atoms with Crippen molar-refractivity contribution >= 4 is 61.0 Å². The molecule has 0 saturated heterocycles. The van der Waals surface area contributed by atoms with E-state index in [2.05, 4.69) is 37.2 Å². The van der Waals surface area contributed by atoms with Gasteiger partial charge in [0.25, 0.3) is 0 Å². The van der Waals surface area contributed by atoms with E-state index in [0.717, 1.165) is 5.56 Å². The lowest BCUT2D eigenvalue weighted by Gasteiger charge is -2.34. The van der Waals surface area contributed by atoms with Crippen LogP contribution in [0.15, 0.2) is 18.2 Å². The first kappa shape index (κ1) is 17.8. The van der Waals surface area contributed by atoms with Crippen molar-refractivity contribution in [2.75, 3.05) is 5.32 Å². The topological polar surface area (TPSA) is 66.4 Å². The number of aliphatic carboxylic acids is 1. The molecule has 4 nitrogen and oxygen atoms in total. The number of carboxylic acids is 1. The lowest BCUT2D eigenvalue weighted by Crippen LogP contribution is -2.42. The van der Waals surface area contributed by atoms with Gasteiger partial charge >= 0.3 is 5.97 Å². The molecule has 0 aliphatic heterocycles. The highest BCUT2D eigenvalue weighted by molar-refractivity contribution is 9.12. The molecular formula is C15H16Br2ClNO3. The van der Waals surface area contributed by atoms with Gasteiger partial charge in [-0.15, -0.1) is 0 Å². The molecule has 1 fully saturated rings. The lowest BCUT2D eigenvalue weighted by atomic mass is 9.78. The second kappa shape index (κ2) is 7.32. The van der Waals surface area contributed by atoms with Crippen LogP contribution in [0.2, 0.25) is 5.02 Å². The van der Waals surface area contributed by atoms with Crippen molar-refractivity contribution in [1.29, 1.82) is 0 Å². The molecule has 2 N–H and O–H groups in total. The fraction of sp³-hybridized carbons (Fsp3) is 0.467. The first-order chi connectivity index (χ1) is 10.3. The zero-order valence-electron chi connectivity index (χ0n) is 11.9. The summed E-state index contributed by atoms with van der Waals surface area (Å²) in [5, 5.41) is 12.8. The third kappa shape index (κ3) is 3.84. The van der Waals surface area contributed by atoms with Crippen molar-refractivity contribution in [3.05, 3.63) is 28.8 Å². The summed E-state index contributed by atoms with van der Waals surface area (Å²) >= 11 is 13.0. The van der Waals surface area contributed by atoms with Crippen LogP contribution in [-0.4, -0.2) is 26.6 Å². The second-order valence-corrected chi connectivity index (χ2v) is 8.22. The summed E-state index contributed by atoms with van der Waals surface area (Å²) in [7, 11) is 0. The number of amides is 1. The van der Waals surface area contributed by atoms with Gasteiger partial charge in [0.2, 0.25) is 5.91 Å². The number of benzene rings is 1. The molecule has 1 saturated carbocycles. The summed E-state index contributed by atoms with van der Waals surface area (Å²) in [6.45, 7) is 1.81. The van der Waals surface area contributed by atoms with Crippen LogP contribution in [0.4, 0.5) is 5.69 Å². The SMILES string of the molecule is Cc1c(Cl)cccc1NC(=O)[C@H]1C[C@@H](Br)[C@H](Br)C[C@@H]1C(=O)O. The van der Waals surface area contributed by atoms with Crippen molar-refractivity contribution in [1.82, 2.24) is 0 Å². The molecule has 0 bridgehead atoms. The van der Waals surface area contributed by atoms with Crippen LogP contribution in [0, 0.1) is 18.8 Å². The van der Waals surface area contributed by atoms with Crippen molar-refractivity contribution in [2.24, 2.45) is 11.8 Å². The summed E-state index contributed by atoms with van der Waals surface area (Å²) in [6, 6.07) is 5.26. The van der Waals surface area contributed by atoms with E-state index in [1.807, 2.05) is 6.92 Å².